The maximum atomic E-state index is 13.3. The Morgan fingerprint density at radius 1 is 1.00 bits per heavy atom. The molecule has 4 heteroatoms. The third-order valence-electron chi connectivity index (χ3n) is 3.75. The van der Waals surface area contributed by atoms with Crippen LogP contribution < -0.4 is 0 Å². The first-order chi connectivity index (χ1) is 10.5. The minimum atomic E-state index is -0.257. The highest BCUT2D eigenvalue weighted by Crippen LogP contribution is 2.32. The van der Waals surface area contributed by atoms with Crippen LogP contribution >= 0.6 is 0 Å². The quantitative estimate of drug-likeness (QED) is 0.722. The Morgan fingerprint density at radius 3 is 2.36 bits per heavy atom. The molecule has 22 heavy (non-hydrogen) atoms. The molecule has 112 valence electrons. The van der Waals surface area contributed by atoms with Crippen LogP contribution in [0.25, 0.3) is 0 Å². The van der Waals surface area contributed by atoms with Crippen molar-refractivity contribution in [1.29, 1.82) is 0 Å². The molecule has 3 nitrogen and oxygen atoms in total. The van der Waals surface area contributed by atoms with Gasteiger partial charge in [0.1, 0.15) is 5.82 Å². The van der Waals surface area contributed by atoms with Gasteiger partial charge in [0, 0.05) is 6.92 Å². The van der Waals surface area contributed by atoms with Crippen molar-refractivity contribution in [3.8, 4) is 0 Å². The van der Waals surface area contributed by atoms with E-state index in [0.29, 0.717) is 11.7 Å². The van der Waals surface area contributed by atoms with E-state index in [9.17, 15) is 4.39 Å². The summed E-state index contributed by atoms with van der Waals surface area (Å²) in [5, 5.41) is 4.08. The molecule has 3 rings (SSSR count). The molecule has 0 fully saturated rings. The smallest absolute Gasteiger partial charge is 0.223 e. The van der Waals surface area contributed by atoms with Gasteiger partial charge in [-0.2, -0.15) is 4.98 Å². The van der Waals surface area contributed by atoms with E-state index in [1.807, 2.05) is 6.92 Å². The molecule has 0 unspecified atom stereocenters. The van der Waals surface area contributed by atoms with Crippen LogP contribution in [-0.2, 0) is 0 Å². The number of nitrogens with zero attached hydrogens (tertiary/aromatic N) is 2. The van der Waals surface area contributed by atoms with E-state index in [0.717, 1.165) is 22.3 Å². The first-order valence-corrected chi connectivity index (χ1v) is 7.17. The summed E-state index contributed by atoms with van der Waals surface area (Å²) in [6, 6.07) is 12.7. The molecule has 1 heterocycles. The van der Waals surface area contributed by atoms with E-state index in [4.69, 9.17) is 4.52 Å². The Kier molecular flexibility index (Phi) is 3.75. The Labute approximate surface area is 128 Å². The number of aryl methyl sites for hydroxylation is 3. The fourth-order valence-corrected chi connectivity index (χ4v) is 2.63. The van der Waals surface area contributed by atoms with E-state index < -0.39 is 0 Å². The minimum Gasteiger partial charge on any atom is -0.340 e. The van der Waals surface area contributed by atoms with Crippen LogP contribution in [0.4, 0.5) is 4.39 Å². The van der Waals surface area contributed by atoms with Crippen LogP contribution in [0.2, 0.25) is 0 Å². The van der Waals surface area contributed by atoms with Crippen LogP contribution in [0.1, 0.15) is 39.9 Å². The summed E-state index contributed by atoms with van der Waals surface area (Å²) in [5.41, 5.74) is 4.35. The standard InChI is InChI=1S/C18H17FN2O/c1-11-4-5-12(2)16(10-11)17(18-20-13(3)22-21-18)14-6-8-15(19)9-7-14/h4-10,17H,1-3H3/t17-/m0/s1. The van der Waals surface area contributed by atoms with Crippen LogP contribution in [-0.4, -0.2) is 10.1 Å². The van der Waals surface area contributed by atoms with E-state index in [2.05, 4.69) is 35.3 Å². The molecule has 0 bridgehead atoms. The highest BCUT2D eigenvalue weighted by molar-refractivity contribution is 5.43. The van der Waals surface area contributed by atoms with Crippen molar-refractivity contribution in [2.45, 2.75) is 26.7 Å². The fourth-order valence-electron chi connectivity index (χ4n) is 2.63. The van der Waals surface area contributed by atoms with Crippen LogP contribution in [0.5, 0.6) is 0 Å². The zero-order chi connectivity index (χ0) is 15.7. The average molecular weight is 296 g/mol. The number of hydrogen-bond donors (Lipinski definition) is 0. The number of hydrogen-bond acceptors (Lipinski definition) is 3. The Morgan fingerprint density at radius 2 is 1.73 bits per heavy atom. The van der Waals surface area contributed by atoms with Crippen molar-refractivity contribution in [2.24, 2.45) is 0 Å². The SMILES string of the molecule is Cc1ccc(C)c([C@H](c2ccc(F)cc2)c2noc(C)n2)c1. The summed E-state index contributed by atoms with van der Waals surface area (Å²) in [7, 11) is 0. The maximum Gasteiger partial charge on any atom is 0.223 e. The monoisotopic (exact) mass is 296 g/mol. The lowest BCUT2D eigenvalue weighted by Gasteiger charge is -2.17. The van der Waals surface area contributed by atoms with Gasteiger partial charge in [-0.05, 0) is 42.7 Å². The first-order valence-electron chi connectivity index (χ1n) is 7.17. The van der Waals surface area contributed by atoms with Crippen molar-refractivity contribution in [3.05, 3.63) is 82.3 Å². The van der Waals surface area contributed by atoms with Crippen molar-refractivity contribution in [3.63, 3.8) is 0 Å². The first kappa shape index (κ1) is 14.4. The summed E-state index contributed by atoms with van der Waals surface area (Å²) < 4.78 is 18.4. The predicted molar refractivity (Wildman–Crippen MR) is 82.3 cm³/mol. The second kappa shape index (κ2) is 5.72. The van der Waals surface area contributed by atoms with Gasteiger partial charge in [-0.15, -0.1) is 0 Å². The van der Waals surface area contributed by atoms with Gasteiger partial charge in [0.2, 0.25) is 5.89 Å². The van der Waals surface area contributed by atoms with Gasteiger partial charge in [-0.3, -0.25) is 0 Å². The summed E-state index contributed by atoms with van der Waals surface area (Å²) in [4.78, 5) is 4.39. The van der Waals surface area contributed by atoms with E-state index in [-0.39, 0.29) is 11.7 Å². The second-order valence-corrected chi connectivity index (χ2v) is 5.52. The van der Waals surface area contributed by atoms with Gasteiger partial charge < -0.3 is 4.52 Å². The molecule has 2 aromatic carbocycles. The van der Waals surface area contributed by atoms with E-state index in [1.54, 1.807) is 19.1 Å². The number of halogens is 1. The lowest BCUT2D eigenvalue weighted by molar-refractivity contribution is 0.386. The van der Waals surface area contributed by atoms with Crippen molar-refractivity contribution >= 4 is 0 Å². The minimum absolute atomic E-state index is 0.169. The predicted octanol–water partition coefficient (Wildman–Crippen LogP) is 4.31. The highest BCUT2D eigenvalue weighted by atomic mass is 19.1. The normalized spacial score (nSPS) is 12.4. The number of aromatic nitrogens is 2. The molecular weight excluding hydrogens is 279 g/mol. The molecule has 0 spiro atoms. The summed E-state index contributed by atoms with van der Waals surface area (Å²) in [5.74, 6) is 0.691. The van der Waals surface area contributed by atoms with E-state index in [1.165, 1.54) is 12.1 Å². The molecule has 0 aliphatic rings. The van der Waals surface area contributed by atoms with Gasteiger partial charge in [0.15, 0.2) is 5.82 Å². The molecule has 0 aliphatic heterocycles. The van der Waals surface area contributed by atoms with Crippen LogP contribution in [0.3, 0.4) is 0 Å². The average Bonchev–Trinajstić information content (AvgIpc) is 2.91. The zero-order valence-electron chi connectivity index (χ0n) is 12.8. The Balaban J connectivity index is 2.18. The third kappa shape index (κ3) is 2.77. The van der Waals surface area contributed by atoms with Crippen molar-refractivity contribution < 1.29 is 8.91 Å². The molecule has 1 aromatic heterocycles. The molecule has 3 aromatic rings. The number of benzene rings is 2. The van der Waals surface area contributed by atoms with Gasteiger partial charge >= 0.3 is 0 Å². The lowest BCUT2D eigenvalue weighted by Crippen LogP contribution is -2.08. The largest absolute Gasteiger partial charge is 0.340 e. The highest BCUT2D eigenvalue weighted by Gasteiger charge is 2.23. The summed E-state index contributed by atoms with van der Waals surface area (Å²) in [6.07, 6.45) is 0. The molecule has 0 saturated carbocycles. The lowest BCUT2D eigenvalue weighted by atomic mass is 9.87. The summed E-state index contributed by atoms with van der Waals surface area (Å²) in [6.45, 7) is 5.87. The molecule has 1 atom stereocenters. The molecule has 0 amide bonds. The Bertz CT molecular complexity index is 793. The molecule has 0 radical (unpaired) electrons. The van der Waals surface area contributed by atoms with Crippen molar-refractivity contribution in [1.82, 2.24) is 10.1 Å². The van der Waals surface area contributed by atoms with Crippen LogP contribution in [0.15, 0.2) is 47.0 Å². The molecule has 0 saturated heterocycles. The van der Waals surface area contributed by atoms with Gasteiger partial charge in [0.25, 0.3) is 0 Å². The molecular formula is C18H17FN2O. The van der Waals surface area contributed by atoms with E-state index >= 15 is 0 Å². The number of rotatable bonds is 3. The van der Waals surface area contributed by atoms with Gasteiger partial charge in [-0.25, -0.2) is 4.39 Å². The topological polar surface area (TPSA) is 38.9 Å². The molecule has 0 aliphatic carbocycles. The van der Waals surface area contributed by atoms with Gasteiger partial charge in [0.05, 0.1) is 5.92 Å². The third-order valence-corrected chi connectivity index (χ3v) is 3.75. The second-order valence-electron chi connectivity index (χ2n) is 5.52. The Hall–Kier alpha value is -2.49. The van der Waals surface area contributed by atoms with Crippen LogP contribution in [0, 0.1) is 26.6 Å². The maximum absolute atomic E-state index is 13.3. The van der Waals surface area contributed by atoms with Gasteiger partial charge in [-0.1, -0.05) is 41.1 Å². The zero-order valence-corrected chi connectivity index (χ0v) is 12.8. The summed E-state index contributed by atoms with van der Waals surface area (Å²) >= 11 is 0. The van der Waals surface area contributed by atoms with Crippen molar-refractivity contribution in [2.75, 3.05) is 0 Å². The fraction of sp³-hybridized carbons (Fsp3) is 0.222. The molecule has 0 N–H and O–H groups in total.